The van der Waals surface area contributed by atoms with Crippen molar-refractivity contribution in [2.45, 2.75) is 63.5 Å². The van der Waals surface area contributed by atoms with Crippen LogP contribution in [0.2, 0.25) is 0 Å². The maximum atomic E-state index is 13.1. The third-order valence-electron chi connectivity index (χ3n) is 7.11. The summed E-state index contributed by atoms with van der Waals surface area (Å²) < 4.78 is 10.3. The number of carbonyl (C=O) groups is 3. The summed E-state index contributed by atoms with van der Waals surface area (Å²) in [4.78, 5) is 39.3. The fourth-order valence-corrected chi connectivity index (χ4v) is 6.25. The van der Waals surface area contributed by atoms with Crippen molar-refractivity contribution in [2.75, 3.05) is 13.2 Å². The fraction of sp³-hybridized carbons (Fsp3) is 0.652. The highest BCUT2D eigenvalue weighted by molar-refractivity contribution is 5.94. The second-order valence-electron chi connectivity index (χ2n) is 9.38. The highest BCUT2D eigenvalue weighted by Crippen LogP contribution is 2.57. The Morgan fingerprint density at radius 3 is 2.45 bits per heavy atom. The first-order valence-corrected chi connectivity index (χ1v) is 11.1. The Morgan fingerprint density at radius 2 is 1.90 bits per heavy atom. The monoisotopic (exact) mass is 427 g/mol. The van der Waals surface area contributed by atoms with Gasteiger partial charge in [0.1, 0.15) is 6.04 Å². The lowest BCUT2D eigenvalue weighted by molar-refractivity contribution is -0.162. The van der Waals surface area contributed by atoms with Crippen LogP contribution in [0.3, 0.4) is 0 Å². The van der Waals surface area contributed by atoms with Crippen LogP contribution in [0.5, 0.6) is 0 Å². The van der Waals surface area contributed by atoms with Gasteiger partial charge in [-0.15, -0.1) is 0 Å². The molecule has 8 nitrogen and oxygen atoms in total. The molecule has 0 unspecified atom stereocenters. The molecule has 1 aromatic heterocycles. The number of nitrogens with one attached hydrogen (secondary N) is 1. The van der Waals surface area contributed by atoms with Gasteiger partial charge in [-0.25, -0.2) is 4.79 Å². The number of carbonyl (C=O) groups excluding carboxylic acids is 3. The first-order valence-electron chi connectivity index (χ1n) is 11.1. The summed E-state index contributed by atoms with van der Waals surface area (Å²) in [6, 6.07) is 4.30. The summed E-state index contributed by atoms with van der Waals surface area (Å²) in [5, 5.41) is 11.6. The van der Waals surface area contributed by atoms with E-state index >= 15 is 0 Å². The van der Waals surface area contributed by atoms with Crippen molar-refractivity contribution in [3.05, 3.63) is 24.2 Å². The Kier molecular flexibility index (Phi) is 6.03. The summed E-state index contributed by atoms with van der Waals surface area (Å²) in [6.07, 6.45) is 8.34. The molecule has 31 heavy (non-hydrogen) atoms. The average Bonchev–Trinajstić information content (AvgIpc) is 3.26. The Morgan fingerprint density at radius 1 is 1.26 bits per heavy atom. The van der Waals surface area contributed by atoms with Gasteiger partial charge in [-0.2, -0.15) is 5.26 Å². The number of nitriles is 1. The second-order valence-corrected chi connectivity index (χ2v) is 9.38. The highest BCUT2D eigenvalue weighted by atomic mass is 16.5. The number of furan rings is 1. The molecule has 4 bridgehead atoms. The van der Waals surface area contributed by atoms with Gasteiger partial charge in [0.25, 0.3) is 11.8 Å². The molecule has 1 atom stereocenters. The number of ether oxygens (including phenoxy) is 1. The molecule has 4 saturated carbocycles. The minimum absolute atomic E-state index is 0.0974. The molecule has 2 amide bonds. The fourth-order valence-electron chi connectivity index (χ4n) is 6.25. The topological polar surface area (TPSA) is 113 Å². The van der Waals surface area contributed by atoms with Crippen molar-refractivity contribution in [2.24, 2.45) is 17.8 Å². The van der Waals surface area contributed by atoms with Crippen molar-refractivity contribution in [3.63, 3.8) is 0 Å². The average molecular weight is 428 g/mol. The van der Waals surface area contributed by atoms with Crippen LogP contribution in [0.25, 0.3) is 0 Å². The van der Waals surface area contributed by atoms with E-state index in [1.54, 1.807) is 6.07 Å². The summed E-state index contributed by atoms with van der Waals surface area (Å²) >= 11 is 0. The lowest BCUT2D eigenvalue weighted by Gasteiger charge is -2.60. The van der Waals surface area contributed by atoms with Crippen LogP contribution < -0.4 is 5.32 Å². The maximum absolute atomic E-state index is 13.1. The predicted octanol–water partition coefficient (Wildman–Crippen LogP) is 2.65. The van der Waals surface area contributed by atoms with E-state index in [0.717, 1.165) is 19.3 Å². The first-order chi connectivity index (χ1) is 14.9. The van der Waals surface area contributed by atoms with Gasteiger partial charge in [0.2, 0.25) is 0 Å². The zero-order valence-corrected chi connectivity index (χ0v) is 17.8. The zero-order valence-electron chi connectivity index (χ0n) is 17.8. The molecule has 0 radical (unpaired) electrons. The largest absolute Gasteiger partial charge is 0.459 e. The van der Waals surface area contributed by atoms with Crippen molar-refractivity contribution in [3.8, 4) is 6.07 Å². The molecule has 0 aromatic carbocycles. The minimum Gasteiger partial charge on any atom is -0.459 e. The number of hydrogen-bond donors (Lipinski definition) is 1. The first kappa shape index (κ1) is 21.4. The van der Waals surface area contributed by atoms with Crippen LogP contribution in [-0.2, 0) is 14.3 Å². The Balaban J connectivity index is 1.36. The molecule has 1 heterocycles. The minimum atomic E-state index is -0.919. The van der Waals surface area contributed by atoms with E-state index in [4.69, 9.17) is 14.4 Å². The van der Waals surface area contributed by atoms with Crippen molar-refractivity contribution in [1.29, 1.82) is 5.26 Å². The van der Waals surface area contributed by atoms with E-state index < -0.39 is 17.9 Å². The number of nitrogens with zero attached hydrogens (tertiary/aromatic N) is 2. The Bertz CT molecular complexity index is 837. The molecule has 166 valence electrons. The van der Waals surface area contributed by atoms with Crippen LogP contribution in [0.15, 0.2) is 22.8 Å². The molecule has 1 aromatic rings. The number of rotatable bonds is 8. The molecule has 8 heteroatoms. The molecule has 4 aliphatic carbocycles. The molecule has 0 aliphatic heterocycles. The molecular weight excluding hydrogens is 398 g/mol. The molecule has 0 saturated heterocycles. The van der Waals surface area contributed by atoms with E-state index in [2.05, 4.69) is 11.4 Å². The lowest BCUT2D eigenvalue weighted by Crippen LogP contribution is -2.62. The third kappa shape index (κ3) is 4.46. The van der Waals surface area contributed by atoms with Crippen LogP contribution in [0.1, 0.15) is 62.4 Å². The number of hydrogen-bond acceptors (Lipinski definition) is 6. The SMILES string of the molecule is C[C@H](NC(=O)c1ccco1)C(=O)OCC(=O)N(CCC#N)C12CC3CC(CC(C3)C1)C2. The van der Waals surface area contributed by atoms with Crippen molar-refractivity contribution in [1.82, 2.24) is 10.2 Å². The smallest absolute Gasteiger partial charge is 0.328 e. The van der Waals surface area contributed by atoms with Gasteiger partial charge in [-0.1, -0.05) is 0 Å². The summed E-state index contributed by atoms with van der Waals surface area (Å²) in [5.74, 6) is 0.605. The standard InChI is InChI=1S/C23H29N3O5/c1-15(25-21(28)19-4-2-7-30-19)22(29)31-14-20(27)26(6-3-5-24)23-11-16-8-17(12-23)10-18(9-16)13-23/h2,4,7,15-18H,3,6,8-14H2,1H3,(H,25,28)/t15-,16?,17?,18?,23?/m0/s1. The van der Waals surface area contributed by atoms with Crippen LogP contribution in [0.4, 0.5) is 0 Å². The maximum Gasteiger partial charge on any atom is 0.328 e. The Labute approximate surface area is 181 Å². The van der Waals surface area contributed by atoms with Crippen LogP contribution in [-0.4, -0.2) is 47.4 Å². The van der Waals surface area contributed by atoms with Crippen molar-refractivity contribution < 1.29 is 23.5 Å². The zero-order chi connectivity index (χ0) is 22.0. The van der Waals surface area contributed by atoms with Crippen molar-refractivity contribution >= 4 is 17.8 Å². The van der Waals surface area contributed by atoms with E-state index in [0.29, 0.717) is 24.3 Å². The molecule has 5 rings (SSSR count). The molecule has 1 N–H and O–H groups in total. The van der Waals surface area contributed by atoms with Gasteiger partial charge in [-0.3, -0.25) is 9.59 Å². The van der Waals surface area contributed by atoms with Crippen LogP contribution in [0, 0.1) is 29.1 Å². The van der Waals surface area contributed by atoms with Crippen LogP contribution >= 0.6 is 0 Å². The third-order valence-corrected chi connectivity index (χ3v) is 7.11. The summed E-state index contributed by atoms with van der Waals surface area (Å²) in [5.41, 5.74) is -0.200. The van der Waals surface area contributed by atoms with Gasteiger partial charge in [0.15, 0.2) is 12.4 Å². The van der Waals surface area contributed by atoms with E-state index in [1.807, 2.05) is 4.90 Å². The number of amides is 2. The molecule has 4 aliphatic rings. The molecule has 4 fully saturated rings. The quantitative estimate of drug-likeness (QED) is 0.638. The lowest BCUT2D eigenvalue weighted by atomic mass is 9.52. The van der Waals surface area contributed by atoms with Gasteiger partial charge in [-0.05, 0) is 75.3 Å². The normalized spacial score (nSPS) is 29.1. The summed E-state index contributed by atoms with van der Waals surface area (Å²) in [6.45, 7) is 1.48. The second kappa shape index (κ2) is 8.74. The number of esters is 1. The van der Waals surface area contributed by atoms with E-state index in [-0.39, 0.29) is 30.2 Å². The van der Waals surface area contributed by atoms with Gasteiger partial charge in [0, 0.05) is 12.1 Å². The predicted molar refractivity (Wildman–Crippen MR) is 109 cm³/mol. The molecule has 0 spiro atoms. The van der Waals surface area contributed by atoms with E-state index in [1.165, 1.54) is 38.5 Å². The van der Waals surface area contributed by atoms with E-state index in [9.17, 15) is 14.4 Å². The summed E-state index contributed by atoms with van der Waals surface area (Å²) in [7, 11) is 0. The van der Waals surface area contributed by atoms with Gasteiger partial charge in [0.05, 0.1) is 18.8 Å². The molecular formula is C23H29N3O5. The Hall–Kier alpha value is -2.82. The highest BCUT2D eigenvalue weighted by Gasteiger charge is 2.54. The van der Waals surface area contributed by atoms with Gasteiger partial charge >= 0.3 is 5.97 Å². The van der Waals surface area contributed by atoms with Gasteiger partial charge < -0.3 is 19.4 Å².